The largest absolute Gasteiger partial charge is 0.486 e. The summed E-state index contributed by atoms with van der Waals surface area (Å²) in [4.78, 5) is 16.6. The van der Waals surface area contributed by atoms with Gasteiger partial charge in [-0.1, -0.05) is 29.8 Å². The van der Waals surface area contributed by atoms with Crippen molar-refractivity contribution in [2.75, 3.05) is 6.61 Å². The topological polar surface area (TPSA) is 51.2 Å². The molecule has 1 aromatic heterocycles. The van der Waals surface area contributed by atoms with E-state index < -0.39 is 5.82 Å². The molecule has 0 fully saturated rings. The summed E-state index contributed by atoms with van der Waals surface area (Å²) in [5.74, 6) is -0.673. The molecule has 0 saturated carbocycles. The van der Waals surface area contributed by atoms with Gasteiger partial charge in [0.2, 0.25) is 0 Å². The molecular formula is C20H16ClFN2O2. The quantitative estimate of drug-likeness (QED) is 0.698. The Labute approximate surface area is 155 Å². The van der Waals surface area contributed by atoms with Crippen molar-refractivity contribution in [2.24, 2.45) is 0 Å². The first-order valence-electron chi connectivity index (χ1n) is 7.97. The minimum absolute atomic E-state index is 0.0539. The number of hydrogen-bond acceptors (Lipinski definition) is 3. The Morgan fingerprint density at radius 3 is 2.96 bits per heavy atom. The average molecular weight is 371 g/mol. The monoisotopic (exact) mass is 370 g/mol. The number of rotatable bonds is 6. The first-order chi connectivity index (χ1) is 12.7. The minimum Gasteiger partial charge on any atom is -0.486 e. The second kappa shape index (κ2) is 8.45. The summed E-state index contributed by atoms with van der Waals surface area (Å²) in [7, 11) is 0. The van der Waals surface area contributed by atoms with Gasteiger partial charge in [-0.2, -0.15) is 0 Å². The first-order valence-corrected chi connectivity index (χ1v) is 8.41. The lowest BCUT2D eigenvalue weighted by Crippen LogP contribution is -2.23. The van der Waals surface area contributed by atoms with Crippen LogP contribution in [0.2, 0.25) is 0 Å². The molecule has 0 atom stereocenters. The number of nitrogens with one attached hydrogen (secondary N) is 1. The summed E-state index contributed by atoms with van der Waals surface area (Å²) in [6.07, 6.45) is 3.26. The van der Waals surface area contributed by atoms with Crippen molar-refractivity contribution in [2.45, 2.75) is 6.54 Å². The zero-order valence-corrected chi connectivity index (χ0v) is 14.5. The maximum atomic E-state index is 14.4. The van der Waals surface area contributed by atoms with Gasteiger partial charge < -0.3 is 10.1 Å². The van der Waals surface area contributed by atoms with Crippen LogP contribution in [0, 0.1) is 5.82 Å². The van der Waals surface area contributed by atoms with Crippen LogP contribution in [0.4, 0.5) is 4.39 Å². The number of fused-ring (bicyclic) bond motifs is 1. The smallest absolute Gasteiger partial charge is 0.251 e. The molecule has 3 aromatic rings. The van der Waals surface area contributed by atoms with Crippen LogP contribution in [0.15, 0.2) is 66.3 Å². The van der Waals surface area contributed by atoms with Gasteiger partial charge in [-0.3, -0.25) is 9.78 Å². The van der Waals surface area contributed by atoms with E-state index in [1.165, 1.54) is 11.6 Å². The Hall–Kier alpha value is -2.92. The Balaban J connectivity index is 1.69. The Morgan fingerprint density at radius 1 is 1.23 bits per heavy atom. The number of ether oxygens (including phenoxy) is 1. The van der Waals surface area contributed by atoms with Crippen LogP contribution in [0.5, 0.6) is 5.75 Å². The van der Waals surface area contributed by atoms with Crippen molar-refractivity contribution in [3.8, 4) is 5.75 Å². The Bertz CT molecular complexity index is 959. The lowest BCUT2D eigenvalue weighted by atomic mass is 10.1. The summed E-state index contributed by atoms with van der Waals surface area (Å²) in [5, 5.41) is 3.59. The number of aromatic nitrogens is 1. The number of benzene rings is 2. The summed E-state index contributed by atoms with van der Waals surface area (Å²) >= 11 is 5.41. The fourth-order valence-electron chi connectivity index (χ4n) is 2.47. The minimum atomic E-state index is -0.501. The van der Waals surface area contributed by atoms with Crippen LogP contribution in [0.3, 0.4) is 0 Å². The highest BCUT2D eigenvalue weighted by atomic mass is 35.5. The molecule has 1 heterocycles. The van der Waals surface area contributed by atoms with Gasteiger partial charge in [0.1, 0.15) is 6.61 Å². The van der Waals surface area contributed by atoms with E-state index in [0.29, 0.717) is 11.1 Å². The van der Waals surface area contributed by atoms with Crippen molar-refractivity contribution in [1.29, 1.82) is 0 Å². The number of nitrogens with zero attached hydrogens (tertiary/aromatic N) is 1. The molecule has 0 aliphatic rings. The summed E-state index contributed by atoms with van der Waals surface area (Å²) in [5.41, 5.74) is 2.95. The van der Waals surface area contributed by atoms with Crippen LogP contribution in [-0.2, 0) is 6.54 Å². The van der Waals surface area contributed by atoms with E-state index >= 15 is 0 Å². The summed E-state index contributed by atoms with van der Waals surface area (Å²) in [6.45, 7) is 0.222. The van der Waals surface area contributed by atoms with E-state index in [-0.39, 0.29) is 24.8 Å². The molecule has 0 radical (unpaired) electrons. The van der Waals surface area contributed by atoms with Gasteiger partial charge in [-0.05, 0) is 36.4 Å². The molecule has 3 rings (SSSR count). The van der Waals surface area contributed by atoms with Gasteiger partial charge in [0, 0.05) is 34.8 Å². The lowest BCUT2D eigenvalue weighted by Gasteiger charge is -2.10. The molecule has 1 N–H and O–H groups in total. The summed E-state index contributed by atoms with van der Waals surface area (Å²) in [6, 6.07) is 13.7. The molecule has 0 aliphatic heterocycles. The third-order valence-electron chi connectivity index (χ3n) is 3.77. The van der Waals surface area contributed by atoms with E-state index in [9.17, 15) is 9.18 Å². The number of carbonyl (C=O) groups excluding carboxylic acids is 1. The highest BCUT2D eigenvalue weighted by Crippen LogP contribution is 2.21. The Morgan fingerprint density at radius 2 is 2.12 bits per heavy atom. The lowest BCUT2D eigenvalue weighted by molar-refractivity contribution is 0.0950. The van der Waals surface area contributed by atoms with Gasteiger partial charge in [-0.15, -0.1) is 0 Å². The van der Waals surface area contributed by atoms with Gasteiger partial charge >= 0.3 is 0 Å². The van der Waals surface area contributed by atoms with Gasteiger partial charge in [0.05, 0.1) is 5.52 Å². The molecule has 132 valence electrons. The molecule has 0 spiro atoms. The molecule has 6 heteroatoms. The maximum Gasteiger partial charge on any atom is 0.251 e. The fraction of sp³-hybridized carbons (Fsp3) is 0.100. The second-order valence-corrected chi connectivity index (χ2v) is 5.75. The number of hydrogen-bond donors (Lipinski definition) is 1. The molecule has 1 amide bonds. The van der Waals surface area contributed by atoms with Gasteiger partial charge in [0.25, 0.3) is 5.91 Å². The SMILES string of the molecule is O=C(NCc1cccc(OCC=CCl)c1F)c1ccc2ncccc2c1. The van der Waals surface area contributed by atoms with Crippen molar-refractivity contribution < 1.29 is 13.9 Å². The predicted molar refractivity (Wildman–Crippen MR) is 99.8 cm³/mol. The van der Waals surface area contributed by atoms with Crippen LogP contribution in [0.1, 0.15) is 15.9 Å². The molecule has 0 aliphatic carbocycles. The number of pyridine rings is 1. The van der Waals surface area contributed by atoms with Crippen LogP contribution in [-0.4, -0.2) is 17.5 Å². The predicted octanol–water partition coefficient (Wildman–Crippen LogP) is 4.44. The average Bonchev–Trinajstić information content (AvgIpc) is 2.68. The Kier molecular flexibility index (Phi) is 5.81. The standard InChI is InChI=1S/C20H16ClFN2O2/c21-9-3-11-26-18-6-1-4-16(19(18)22)13-24-20(25)15-7-8-17-14(12-15)5-2-10-23-17/h1-10,12H,11,13H2,(H,24,25). The molecule has 4 nitrogen and oxygen atoms in total. The molecule has 2 aromatic carbocycles. The van der Waals surface area contributed by atoms with Crippen LogP contribution < -0.4 is 10.1 Å². The highest BCUT2D eigenvalue weighted by Gasteiger charge is 2.11. The number of halogens is 2. The van der Waals surface area contributed by atoms with Crippen molar-refractivity contribution >= 4 is 28.4 Å². The number of carbonyl (C=O) groups is 1. The van der Waals surface area contributed by atoms with Crippen molar-refractivity contribution in [3.05, 3.63) is 83.3 Å². The molecular weight excluding hydrogens is 355 g/mol. The van der Waals surface area contributed by atoms with E-state index in [0.717, 1.165) is 10.9 Å². The van der Waals surface area contributed by atoms with E-state index in [1.54, 1.807) is 42.6 Å². The second-order valence-electron chi connectivity index (χ2n) is 5.50. The number of amides is 1. The first kappa shape index (κ1) is 17.9. The van der Waals surface area contributed by atoms with Crippen LogP contribution in [0.25, 0.3) is 10.9 Å². The third-order valence-corrected chi connectivity index (χ3v) is 3.95. The third kappa shape index (κ3) is 4.18. The molecule has 26 heavy (non-hydrogen) atoms. The highest BCUT2D eigenvalue weighted by molar-refractivity contribution is 6.25. The van der Waals surface area contributed by atoms with E-state index in [4.69, 9.17) is 16.3 Å². The van der Waals surface area contributed by atoms with Gasteiger partial charge in [0.15, 0.2) is 11.6 Å². The fourth-order valence-corrected chi connectivity index (χ4v) is 2.55. The van der Waals surface area contributed by atoms with Crippen molar-refractivity contribution in [1.82, 2.24) is 10.3 Å². The molecule has 0 unspecified atom stereocenters. The maximum absolute atomic E-state index is 14.4. The van der Waals surface area contributed by atoms with Gasteiger partial charge in [-0.25, -0.2) is 4.39 Å². The normalized spacial score (nSPS) is 11.0. The molecule has 0 saturated heterocycles. The zero-order chi connectivity index (χ0) is 18.4. The zero-order valence-electron chi connectivity index (χ0n) is 13.8. The summed E-state index contributed by atoms with van der Waals surface area (Å²) < 4.78 is 19.7. The van der Waals surface area contributed by atoms with E-state index in [2.05, 4.69) is 10.3 Å². The van der Waals surface area contributed by atoms with E-state index in [1.807, 2.05) is 12.1 Å². The van der Waals surface area contributed by atoms with Crippen LogP contribution >= 0.6 is 11.6 Å². The van der Waals surface area contributed by atoms with Crippen molar-refractivity contribution in [3.63, 3.8) is 0 Å². The molecule has 0 bridgehead atoms.